The van der Waals surface area contributed by atoms with Gasteiger partial charge < -0.3 is 15.0 Å². The highest BCUT2D eigenvalue weighted by Gasteiger charge is 2.30. The van der Waals surface area contributed by atoms with Gasteiger partial charge in [-0.1, -0.05) is 29.8 Å². The van der Waals surface area contributed by atoms with Gasteiger partial charge in [0, 0.05) is 34.4 Å². The number of aromatic nitrogens is 4. The molecule has 1 amide bonds. The molecule has 6 rings (SSSR count). The van der Waals surface area contributed by atoms with Gasteiger partial charge in [0.1, 0.15) is 17.6 Å². The number of nitrogens with one attached hydrogen (secondary N) is 2. The van der Waals surface area contributed by atoms with Crippen LogP contribution in [0.3, 0.4) is 0 Å². The number of carbonyl (C=O) groups is 1. The molecule has 0 radical (unpaired) electrons. The molecule has 0 bridgehead atoms. The average Bonchev–Trinajstić information content (AvgIpc) is 3.54. The lowest BCUT2D eigenvalue weighted by Crippen LogP contribution is -2.27. The third-order valence-corrected chi connectivity index (χ3v) is 7.23. The molecule has 0 unspecified atom stereocenters. The van der Waals surface area contributed by atoms with E-state index < -0.39 is 6.04 Å². The van der Waals surface area contributed by atoms with Crippen molar-refractivity contribution in [3.63, 3.8) is 0 Å². The van der Waals surface area contributed by atoms with Crippen molar-refractivity contribution in [2.24, 2.45) is 4.99 Å². The number of H-pyrrole nitrogens is 1. The first-order valence-electron chi connectivity index (χ1n) is 12.8. The van der Waals surface area contributed by atoms with Crippen LogP contribution in [0.5, 0.6) is 5.75 Å². The van der Waals surface area contributed by atoms with Gasteiger partial charge in [0.25, 0.3) is 0 Å². The number of benzene rings is 3. The molecule has 8 nitrogen and oxygen atoms in total. The molecule has 3 heterocycles. The first kappa shape index (κ1) is 24.9. The maximum atomic E-state index is 13.2. The molecule has 0 spiro atoms. The second kappa shape index (κ2) is 10.4. The minimum atomic E-state index is -0.536. The second-order valence-corrected chi connectivity index (χ2v) is 9.96. The van der Waals surface area contributed by atoms with E-state index in [2.05, 4.69) is 38.7 Å². The van der Waals surface area contributed by atoms with Crippen molar-refractivity contribution >= 4 is 34.1 Å². The van der Waals surface area contributed by atoms with Crippen LogP contribution >= 0.6 is 11.6 Å². The number of aryl methyl sites for hydroxylation is 1. The fraction of sp³-hybridized carbons (Fsp3) is 0.200. The molecule has 0 fully saturated rings. The van der Waals surface area contributed by atoms with Crippen molar-refractivity contribution in [2.75, 3.05) is 13.7 Å². The van der Waals surface area contributed by atoms with Crippen molar-refractivity contribution in [3.05, 3.63) is 106 Å². The molecule has 0 saturated heterocycles. The Bertz CT molecular complexity index is 1700. The number of aromatic amines is 1. The van der Waals surface area contributed by atoms with Crippen molar-refractivity contribution < 1.29 is 9.53 Å². The van der Waals surface area contributed by atoms with E-state index in [1.165, 1.54) is 5.56 Å². The van der Waals surface area contributed by atoms with Crippen molar-refractivity contribution in [1.29, 1.82) is 0 Å². The van der Waals surface area contributed by atoms with Crippen LogP contribution in [-0.2, 0) is 11.2 Å². The number of rotatable bonds is 7. The fourth-order valence-corrected chi connectivity index (χ4v) is 5.16. The Morgan fingerprint density at radius 2 is 1.92 bits per heavy atom. The van der Waals surface area contributed by atoms with Crippen molar-refractivity contribution in [1.82, 2.24) is 25.1 Å². The Morgan fingerprint density at radius 1 is 1.08 bits per heavy atom. The molecular formula is C30H27ClN6O2. The molecule has 0 aliphatic carbocycles. The van der Waals surface area contributed by atoms with E-state index >= 15 is 0 Å². The topological polar surface area (TPSA) is 97.2 Å². The summed E-state index contributed by atoms with van der Waals surface area (Å²) in [5.41, 5.74) is 5.64. The standard InChI is InChI=1S/C30H27ClN6O2/c1-18-35-36-30-26(17-28(38)33-13-11-19-3-9-25-21(15-19)12-14-32-25)34-29(20-4-6-22(31)7-5-20)24-16-23(39-2)8-10-27(24)37(18)30/h3-10,12,14-16,26,32H,11,13,17H2,1-2H3,(H,33,38)/t26-/m0/s1. The molecule has 1 aliphatic rings. The molecule has 1 atom stereocenters. The van der Waals surface area contributed by atoms with Crippen LogP contribution < -0.4 is 10.1 Å². The maximum Gasteiger partial charge on any atom is 0.222 e. The number of amides is 1. The summed E-state index contributed by atoms with van der Waals surface area (Å²) >= 11 is 6.18. The van der Waals surface area contributed by atoms with Gasteiger partial charge in [0.15, 0.2) is 5.82 Å². The lowest BCUT2D eigenvalue weighted by Gasteiger charge is -2.14. The van der Waals surface area contributed by atoms with Gasteiger partial charge in [-0.25, -0.2) is 0 Å². The first-order chi connectivity index (χ1) is 19.0. The molecular weight excluding hydrogens is 512 g/mol. The van der Waals surface area contributed by atoms with Gasteiger partial charge in [-0.15, -0.1) is 10.2 Å². The number of hydrogen-bond acceptors (Lipinski definition) is 5. The highest BCUT2D eigenvalue weighted by Crippen LogP contribution is 2.34. The summed E-state index contributed by atoms with van der Waals surface area (Å²) in [4.78, 5) is 21.5. The normalized spacial score (nSPS) is 14.3. The largest absolute Gasteiger partial charge is 0.497 e. The summed E-state index contributed by atoms with van der Waals surface area (Å²) in [6.07, 6.45) is 2.80. The van der Waals surface area contributed by atoms with E-state index in [1.54, 1.807) is 7.11 Å². The van der Waals surface area contributed by atoms with E-state index in [0.29, 0.717) is 23.1 Å². The van der Waals surface area contributed by atoms with E-state index in [4.69, 9.17) is 21.3 Å². The smallest absolute Gasteiger partial charge is 0.222 e. The predicted octanol–water partition coefficient (Wildman–Crippen LogP) is 5.36. The zero-order chi connectivity index (χ0) is 26.9. The van der Waals surface area contributed by atoms with Gasteiger partial charge in [-0.05, 0) is 72.8 Å². The quantitative estimate of drug-likeness (QED) is 0.291. The number of halogens is 1. The third kappa shape index (κ3) is 4.91. The minimum absolute atomic E-state index is 0.0994. The monoisotopic (exact) mass is 538 g/mol. The van der Waals surface area contributed by atoms with E-state index in [-0.39, 0.29) is 12.3 Å². The molecule has 5 aromatic rings. The molecule has 196 valence electrons. The Kier molecular flexibility index (Phi) is 6.62. The van der Waals surface area contributed by atoms with E-state index in [1.807, 2.05) is 66.2 Å². The highest BCUT2D eigenvalue weighted by atomic mass is 35.5. The van der Waals surface area contributed by atoms with E-state index in [0.717, 1.165) is 45.7 Å². The average molecular weight is 539 g/mol. The zero-order valence-corrected chi connectivity index (χ0v) is 22.4. The summed E-state index contributed by atoms with van der Waals surface area (Å²) in [5, 5.41) is 13.7. The highest BCUT2D eigenvalue weighted by molar-refractivity contribution is 6.30. The fourth-order valence-electron chi connectivity index (χ4n) is 5.03. The molecule has 3 aromatic carbocycles. The molecule has 39 heavy (non-hydrogen) atoms. The Labute approximate surface area is 230 Å². The van der Waals surface area contributed by atoms with Crippen LogP contribution in [0.15, 0.2) is 77.9 Å². The van der Waals surface area contributed by atoms with Crippen LogP contribution in [0.25, 0.3) is 16.6 Å². The second-order valence-electron chi connectivity index (χ2n) is 9.53. The van der Waals surface area contributed by atoms with Gasteiger partial charge in [0.2, 0.25) is 5.91 Å². The summed E-state index contributed by atoms with van der Waals surface area (Å²) in [7, 11) is 1.64. The molecule has 0 saturated carbocycles. The van der Waals surface area contributed by atoms with Gasteiger partial charge in [-0.3, -0.25) is 14.4 Å². The third-order valence-electron chi connectivity index (χ3n) is 6.98. The minimum Gasteiger partial charge on any atom is -0.497 e. The van der Waals surface area contributed by atoms with Crippen molar-refractivity contribution in [2.45, 2.75) is 25.8 Å². The SMILES string of the molecule is COc1ccc2c(c1)C(c1ccc(Cl)cc1)=N[C@@H](CC(=O)NCCc1ccc3[nH]ccc3c1)c1nnc(C)n1-2. The number of nitrogens with zero attached hydrogens (tertiary/aromatic N) is 4. The van der Waals surface area contributed by atoms with Gasteiger partial charge >= 0.3 is 0 Å². The number of aliphatic imine (C=N–C) groups is 1. The van der Waals surface area contributed by atoms with Crippen LogP contribution in [0.4, 0.5) is 0 Å². The van der Waals surface area contributed by atoms with Gasteiger partial charge in [0.05, 0.1) is 24.9 Å². The summed E-state index contributed by atoms with van der Waals surface area (Å²) in [6.45, 7) is 2.43. The first-order valence-corrected chi connectivity index (χ1v) is 13.1. The summed E-state index contributed by atoms with van der Waals surface area (Å²) < 4.78 is 7.51. The Balaban J connectivity index is 1.30. The number of hydrogen-bond donors (Lipinski definition) is 2. The number of methoxy groups -OCH3 is 1. The molecule has 2 N–H and O–H groups in total. The van der Waals surface area contributed by atoms with E-state index in [9.17, 15) is 4.79 Å². The predicted molar refractivity (Wildman–Crippen MR) is 152 cm³/mol. The molecule has 1 aliphatic heterocycles. The van der Waals surface area contributed by atoms with Gasteiger partial charge in [-0.2, -0.15) is 0 Å². The van der Waals surface area contributed by atoms with Crippen LogP contribution in [0, 0.1) is 6.92 Å². The number of carbonyl (C=O) groups excluding carboxylic acids is 1. The maximum absolute atomic E-state index is 13.2. The lowest BCUT2D eigenvalue weighted by atomic mass is 10.00. The summed E-state index contributed by atoms with van der Waals surface area (Å²) in [6, 6.07) is 21.2. The lowest BCUT2D eigenvalue weighted by molar-refractivity contribution is -0.121. The Hall–Kier alpha value is -4.43. The van der Waals surface area contributed by atoms with Crippen LogP contribution in [0.1, 0.15) is 40.8 Å². The number of fused-ring (bicyclic) bond motifs is 4. The Morgan fingerprint density at radius 3 is 2.74 bits per heavy atom. The number of ether oxygens (including phenoxy) is 1. The van der Waals surface area contributed by atoms with Crippen LogP contribution in [0.2, 0.25) is 5.02 Å². The molecule has 2 aromatic heterocycles. The zero-order valence-electron chi connectivity index (χ0n) is 21.6. The molecule has 9 heteroatoms. The van der Waals surface area contributed by atoms with Crippen LogP contribution in [-0.4, -0.2) is 45.0 Å². The summed E-state index contributed by atoms with van der Waals surface area (Å²) in [5.74, 6) is 1.94. The van der Waals surface area contributed by atoms with Crippen molar-refractivity contribution in [3.8, 4) is 11.4 Å².